The van der Waals surface area contributed by atoms with Crippen LogP contribution < -0.4 is 10.1 Å². The van der Waals surface area contributed by atoms with Crippen molar-refractivity contribution in [2.45, 2.75) is 30.1 Å². The number of carbonyl (C=O) groups is 2. The molecule has 2 rings (SSSR count). The van der Waals surface area contributed by atoms with Crippen molar-refractivity contribution in [3.8, 4) is 5.75 Å². The molecule has 0 saturated carbocycles. The fraction of sp³-hybridized carbons (Fsp3) is 0.333. The third-order valence-corrected chi connectivity index (χ3v) is 5.60. The largest absolute Gasteiger partial charge is 0.497 e. The Hall–Kier alpha value is -2.47. The second-order valence-corrected chi connectivity index (χ2v) is 7.33. The predicted octanol–water partition coefficient (Wildman–Crippen LogP) is 3.73. The summed E-state index contributed by atoms with van der Waals surface area (Å²) in [6, 6.07) is 16.7. The Balaban J connectivity index is 1.89. The number of methoxy groups -OCH3 is 1. The summed E-state index contributed by atoms with van der Waals surface area (Å²) < 4.78 is 5.12. The zero-order chi connectivity index (χ0) is 19.7. The maximum absolute atomic E-state index is 12.2. The number of carbonyl (C=O) groups excluding carboxylic acids is 1. The van der Waals surface area contributed by atoms with Crippen LogP contribution in [0.5, 0.6) is 5.75 Å². The van der Waals surface area contributed by atoms with Crippen LogP contribution in [-0.4, -0.2) is 36.4 Å². The number of hydrogen-bond donors (Lipinski definition) is 2. The summed E-state index contributed by atoms with van der Waals surface area (Å²) in [5, 5.41) is 12.6. The zero-order valence-corrected chi connectivity index (χ0v) is 16.4. The molecule has 6 heteroatoms. The highest BCUT2D eigenvalue weighted by atomic mass is 32.2. The highest BCUT2D eigenvalue weighted by molar-refractivity contribution is 7.99. The van der Waals surface area contributed by atoms with Gasteiger partial charge in [0.1, 0.15) is 11.2 Å². The minimum Gasteiger partial charge on any atom is -0.497 e. The first-order valence-corrected chi connectivity index (χ1v) is 9.83. The van der Waals surface area contributed by atoms with Gasteiger partial charge in [-0.3, -0.25) is 9.59 Å². The molecule has 27 heavy (non-hydrogen) atoms. The number of amides is 1. The number of carboxylic acid groups (broad SMARTS) is 1. The van der Waals surface area contributed by atoms with Crippen molar-refractivity contribution in [1.29, 1.82) is 0 Å². The SMILES string of the molecule is CCC(CNC(=O)CCSc1ccc(OC)cc1)(C(=O)O)c1ccccc1. The quantitative estimate of drug-likeness (QED) is 0.608. The van der Waals surface area contributed by atoms with Crippen LogP contribution in [0, 0.1) is 0 Å². The van der Waals surface area contributed by atoms with Gasteiger partial charge in [-0.05, 0) is 36.2 Å². The molecule has 0 saturated heterocycles. The van der Waals surface area contributed by atoms with E-state index in [9.17, 15) is 14.7 Å². The standard InChI is InChI=1S/C21H25NO4S/c1-3-21(20(24)25,16-7-5-4-6-8-16)15-22-19(23)13-14-27-18-11-9-17(26-2)10-12-18/h4-12H,3,13-15H2,1-2H3,(H,22,23)(H,24,25). The Morgan fingerprint density at radius 2 is 1.78 bits per heavy atom. The van der Waals surface area contributed by atoms with Crippen molar-refractivity contribution in [2.75, 3.05) is 19.4 Å². The molecule has 144 valence electrons. The van der Waals surface area contributed by atoms with Crippen molar-refractivity contribution in [3.05, 3.63) is 60.2 Å². The number of nitrogens with one attached hydrogen (secondary N) is 1. The van der Waals surface area contributed by atoms with Gasteiger partial charge < -0.3 is 15.2 Å². The Labute approximate surface area is 164 Å². The van der Waals surface area contributed by atoms with E-state index >= 15 is 0 Å². The van der Waals surface area contributed by atoms with Gasteiger partial charge in [0.25, 0.3) is 0 Å². The monoisotopic (exact) mass is 387 g/mol. The lowest BCUT2D eigenvalue weighted by Gasteiger charge is -2.29. The average molecular weight is 388 g/mol. The maximum atomic E-state index is 12.2. The molecule has 0 fully saturated rings. The number of aliphatic carboxylic acids is 1. The lowest BCUT2D eigenvalue weighted by molar-refractivity contribution is -0.144. The maximum Gasteiger partial charge on any atom is 0.315 e. The van der Waals surface area contributed by atoms with Crippen molar-refractivity contribution in [1.82, 2.24) is 5.32 Å². The Bertz CT molecular complexity index is 749. The third kappa shape index (κ3) is 5.50. The molecular weight excluding hydrogens is 362 g/mol. The van der Waals surface area contributed by atoms with E-state index in [1.165, 1.54) is 0 Å². The molecule has 0 spiro atoms. The van der Waals surface area contributed by atoms with E-state index in [-0.39, 0.29) is 12.5 Å². The van der Waals surface area contributed by atoms with Gasteiger partial charge in [-0.2, -0.15) is 0 Å². The molecule has 0 aliphatic heterocycles. The van der Waals surface area contributed by atoms with Gasteiger partial charge in [0.15, 0.2) is 0 Å². The molecule has 2 aromatic rings. The fourth-order valence-electron chi connectivity index (χ4n) is 2.81. The third-order valence-electron chi connectivity index (χ3n) is 4.58. The minimum atomic E-state index is -1.11. The Morgan fingerprint density at radius 3 is 2.33 bits per heavy atom. The molecule has 1 unspecified atom stereocenters. The molecule has 0 bridgehead atoms. The molecule has 0 radical (unpaired) electrons. The van der Waals surface area contributed by atoms with E-state index in [4.69, 9.17) is 4.74 Å². The minimum absolute atomic E-state index is 0.0783. The van der Waals surface area contributed by atoms with Crippen molar-refractivity contribution in [2.24, 2.45) is 0 Å². The van der Waals surface area contributed by atoms with Crippen LogP contribution >= 0.6 is 11.8 Å². The molecule has 0 aliphatic carbocycles. The van der Waals surface area contributed by atoms with Gasteiger partial charge in [0, 0.05) is 23.6 Å². The summed E-state index contributed by atoms with van der Waals surface area (Å²) in [7, 11) is 1.62. The van der Waals surface area contributed by atoms with E-state index in [0.29, 0.717) is 24.2 Å². The lowest BCUT2D eigenvalue weighted by Crippen LogP contribution is -2.46. The number of carboxylic acids is 1. The van der Waals surface area contributed by atoms with Crippen molar-refractivity contribution >= 4 is 23.6 Å². The summed E-state index contributed by atoms with van der Waals surface area (Å²) in [6.07, 6.45) is 0.720. The van der Waals surface area contributed by atoms with Gasteiger partial charge in [-0.25, -0.2) is 0 Å². The first-order chi connectivity index (χ1) is 13.0. The van der Waals surface area contributed by atoms with Crippen LogP contribution in [0.4, 0.5) is 0 Å². The number of thioether (sulfide) groups is 1. The lowest BCUT2D eigenvalue weighted by atomic mass is 9.78. The van der Waals surface area contributed by atoms with Gasteiger partial charge in [-0.15, -0.1) is 11.8 Å². The van der Waals surface area contributed by atoms with Crippen molar-refractivity contribution < 1.29 is 19.4 Å². The summed E-state index contributed by atoms with van der Waals surface area (Å²) in [5.74, 6) is 0.341. The molecule has 2 N–H and O–H groups in total. The van der Waals surface area contributed by atoms with Crippen LogP contribution in [0.2, 0.25) is 0 Å². The predicted molar refractivity (Wildman–Crippen MR) is 107 cm³/mol. The summed E-state index contributed by atoms with van der Waals surface area (Å²) >= 11 is 1.58. The smallest absolute Gasteiger partial charge is 0.315 e. The van der Waals surface area contributed by atoms with Gasteiger partial charge in [-0.1, -0.05) is 37.3 Å². The fourth-order valence-corrected chi connectivity index (χ4v) is 3.66. The van der Waals surface area contributed by atoms with E-state index in [0.717, 1.165) is 10.6 Å². The molecule has 2 aromatic carbocycles. The van der Waals surface area contributed by atoms with E-state index in [2.05, 4.69) is 5.32 Å². The van der Waals surface area contributed by atoms with Crippen LogP contribution in [0.25, 0.3) is 0 Å². The molecule has 5 nitrogen and oxygen atoms in total. The summed E-state index contributed by atoms with van der Waals surface area (Å²) in [6.45, 7) is 1.90. The molecule has 0 aliphatic rings. The van der Waals surface area contributed by atoms with Gasteiger partial charge in [0.05, 0.1) is 7.11 Å². The molecule has 1 atom stereocenters. The van der Waals surface area contributed by atoms with Crippen LogP contribution in [-0.2, 0) is 15.0 Å². The normalized spacial score (nSPS) is 12.8. The Morgan fingerprint density at radius 1 is 1.11 bits per heavy atom. The molecule has 0 heterocycles. The second kappa shape index (κ2) is 10.0. The number of hydrogen-bond acceptors (Lipinski definition) is 4. The van der Waals surface area contributed by atoms with Crippen LogP contribution in [0.3, 0.4) is 0 Å². The molecule has 1 amide bonds. The molecular formula is C21H25NO4S. The van der Waals surface area contributed by atoms with Gasteiger partial charge >= 0.3 is 5.97 Å². The summed E-state index contributed by atoms with van der Waals surface area (Å²) in [5.41, 5.74) is -0.409. The second-order valence-electron chi connectivity index (χ2n) is 6.16. The van der Waals surface area contributed by atoms with Gasteiger partial charge in [0.2, 0.25) is 5.91 Å². The molecule has 0 aromatic heterocycles. The van der Waals surface area contributed by atoms with Crippen molar-refractivity contribution in [3.63, 3.8) is 0 Å². The first-order valence-electron chi connectivity index (χ1n) is 8.84. The first kappa shape index (κ1) is 20.8. The average Bonchev–Trinajstić information content (AvgIpc) is 2.70. The number of benzene rings is 2. The highest BCUT2D eigenvalue weighted by Crippen LogP contribution is 2.28. The number of ether oxygens (including phenoxy) is 1. The Kier molecular flexibility index (Phi) is 7.73. The van der Waals surface area contributed by atoms with E-state index < -0.39 is 11.4 Å². The topological polar surface area (TPSA) is 75.6 Å². The highest BCUT2D eigenvalue weighted by Gasteiger charge is 2.38. The van der Waals surface area contributed by atoms with Crippen LogP contribution in [0.1, 0.15) is 25.3 Å². The van der Waals surface area contributed by atoms with E-state index in [1.807, 2.05) is 49.4 Å². The van der Waals surface area contributed by atoms with E-state index in [1.54, 1.807) is 31.0 Å². The zero-order valence-electron chi connectivity index (χ0n) is 15.6. The number of rotatable bonds is 10. The van der Waals surface area contributed by atoms with Crippen LogP contribution in [0.15, 0.2) is 59.5 Å². The summed E-state index contributed by atoms with van der Waals surface area (Å²) in [4.78, 5) is 25.2.